The molecule has 21 heavy (non-hydrogen) atoms. The molecule has 2 atom stereocenters. The van der Waals surface area contributed by atoms with E-state index < -0.39 is 25.8 Å². The molecule has 0 aliphatic heterocycles. The average molecular weight is 356 g/mol. The van der Waals surface area contributed by atoms with Gasteiger partial charge in [0, 0.05) is 39.5 Å². The minimum absolute atomic E-state index is 0.146. The third-order valence-electron chi connectivity index (χ3n) is 2.90. The minimum atomic E-state index is -4.11. The summed E-state index contributed by atoms with van der Waals surface area (Å²) in [5.41, 5.74) is 0.00468. The fraction of sp³-hybridized carbons (Fsp3) is 0.636. The van der Waals surface area contributed by atoms with E-state index in [1.807, 2.05) is 0 Å². The van der Waals surface area contributed by atoms with Crippen LogP contribution in [0.15, 0.2) is 4.90 Å². The Morgan fingerprint density at radius 1 is 1.43 bits per heavy atom. The summed E-state index contributed by atoms with van der Waals surface area (Å²) < 4.78 is 34.6. The van der Waals surface area contributed by atoms with Gasteiger partial charge in [0.15, 0.2) is 5.69 Å². The van der Waals surface area contributed by atoms with Crippen LogP contribution in [0, 0.1) is 0 Å². The summed E-state index contributed by atoms with van der Waals surface area (Å²) in [5.74, 6) is -0.862. The molecule has 1 amide bonds. The summed E-state index contributed by atoms with van der Waals surface area (Å²) in [7, 11) is 0.192. The van der Waals surface area contributed by atoms with Crippen LogP contribution in [-0.4, -0.2) is 46.8 Å². The summed E-state index contributed by atoms with van der Waals surface area (Å²) in [6.07, 6.45) is 1.52. The topological polar surface area (TPSA) is 109 Å². The third kappa shape index (κ3) is 4.52. The van der Waals surface area contributed by atoms with E-state index in [0.717, 1.165) is 0 Å². The molecule has 0 bridgehead atoms. The zero-order valence-corrected chi connectivity index (χ0v) is 14.5. The van der Waals surface area contributed by atoms with Crippen LogP contribution in [0.4, 0.5) is 0 Å². The fourth-order valence-electron chi connectivity index (χ4n) is 1.57. The number of carbonyl (C=O) groups excluding carboxylic acids is 1. The predicted molar refractivity (Wildman–Crippen MR) is 81.6 cm³/mol. The first-order valence-corrected chi connectivity index (χ1v) is 10.1. The largest absolute Gasteiger partial charge is 0.349 e. The van der Waals surface area contributed by atoms with Crippen molar-refractivity contribution >= 4 is 36.4 Å². The smallest absolute Gasteiger partial charge is 0.273 e. The molecule has 0 aromatic carbocycles. The first-order valence-electron chi connectivity index (χ1n) is 6.19. The van der Waals surface area contributed by atoms with Gasteiger partial charge in [-0.3, -0.25) is 14.1 Å². The van der Waals surface area contributed by atoms with Crippen LogP contribution < -0.4 is 5.32 Å². The van der Waals surface area contributed by atoms with Crippen LogP contribution in [0.25, 0.3) is 0 Å². The van der Waals surface area contributed by atoms with E-state index in [9.17, 15) is 17.4 Å². The standard InChI is InChI=1S/C11H18ClN3O4S2/c1-6(2)8-10(21(12,18)19)9(15-14-8)11(16)13-5-7(3)20(4)17/h6-7H,5H2,1-4H3,(H,13,16)(H,14,15). The molecule has 2 unspecified atom stereocenters. The monoisotopic (exact) mass is 355 g/mol. The number of amides is 1. The number of rotatable bonds is 6. The Kier molecular flexibility index (Phi) is 5.94. The highest BCUT2D eigenvalue weighted by molar-refractivity contribution is 8.13. The Bertz CT molecular complexity index is 654. The summed E-state index contributed by atoms with van der Waals surface area (Å²) in [6.45, 7) is 5.36. The SMILES string of the molecule is CC(C)c1[nH]nc(C(=O)NCC(C)S(C)=O)c1S(=O)(=O)Cl. The molecule has 0 saturated carbocycles. The molecule has 0 fully saturated rings. The van der Waals surface area contributed by atoms with E-state index in [1.54, 1.807) is 20.8 Å². The molecule has 120 valence electrons. The number of carbonyl (C=O) groups is 1. The Balaban J connectivity index is 3.09. The van der Waals surface area contributed by atoms with Crippen molar-refractivity contribution < 1.29 is 17.4 Å². The molecule has 0 aliphatic carbocycles. The van der Waals surface area contributed by atoms with Gasteiger partial charge in [-0.25, -0.2) is 8.42 Å². The number of aromatic nitrogens is 2. The van der Waals surface area contributed by atoms with Crippen molar-refractivity contribution in [3.8, 4) is 0 Å². The van der Waals surface area contributed by atoms with Gasteiger partial charge in [-0.1, -0.05) is 13.8 Å². The number of halogens is 1. The second-order valence-electron chi connectivity index (χ2n) is 4.93. The van der Waals surface area contributed by atoms with Crippen LogP contribution in [-0.2, 0) is 19.9 Å². The van der Waals surface area contributed by atoms with E-state index in [0.29, 0.717) is 0 Å². The molecule has 0 aliphatic rings. The lowest BCUT2D eigenvalue weighted by Crippen LogP contribution is -2.33. The number of hydrogen-bond donors (Lipinski definition) is 2. The highest BCUT2D eigenvalue weighted by Gasteiger charge is 2.29. The lowest BCUT2D eigenvalue weighted by atomic mass is 10.1. The molecule has 1 aromatic rings. The van der Waals surface area contributed by atoms with E-state index in [1.165, 1.54) is 6.26 Å². The summed E-state index contributed by atoms with van der Waals surface area (Å²) in [4.78, 5) is 11.8. The lowest BCUT2D eigenvalue weighted by molar-refractivity contribution is 0.0946. The molecule has 2 N–H and O–H groups in total. The maximum atomic E-state index is 12.1. The zero-order chi connectivity index (χ0) is 16.4. The van der Waals surface area contributed by atoms with Crippen molar-refractivity contribution in [1.29, 1.82) is 0 Å². The molecule has 1 heterocycles. The van der Waals surface area contributed by atoms with E-state index >= 15 is 0 Å². The molecular formula is C11H18ClN3O4S2. The van der Waals surface area contributed by atoms with E-state index in [4.69, 9.17) is 10.7 Å². The first-order chi connectivity index (χ1) is 9.55. The number of H-pyrrole nitrogens is 1. The number of aromatic amines is 1. The van der Waals surface area contributed by atoms with Crippen LogP contribution in [0.5, 0.6) is 0 Å². The molecule has 0 saturated heterocycles. The molecule has 1 aromatic heterocycles. The summed E-state index contributed by atoms with van der Waals surface area (Å²) >= 11 is 0. The van der Waals surface area contributed by atoms with Crippen molar-refractivity contribution in [2.24, 2.45) is 0 Å². The second kappa shape index (κ2) is 6.89. The Morgan fingerprint density at radius 2 is 2.00 bits per heavy atom. The van der Waals surface area contributed by atoms with Gasteiger partial charge < -0.3 is 5.32 Å². The molecule has 0 radical (unpaired) electrons. The minimum Gasteiger partial charge on any atom is -0.349 e. The fourth-order valence-corrected chi connectivity index (χ4v) is 3.27. The predicted octanol–water partition coefficient (Wildman–Crippen LogP) is 0.957. The third-order valence-corrected chi connectivity index (χ3v) is 5.56. The molecule has 0 spiro atoms. The Hall–Kier alpha value is -0.930. The van der Waals surface area contributed by atoms with Crippen LogP contribution in [0.2, 0.25) is 0 Å². The van der Waals surface area contributed by atoms with Crippen molar-refractivity contribution in [2.45, 2.75) is 36.8 Å². The lowest BCUT2D eigenvalue weighted by Gasteiger charge is -2.09. The Labute approximate surface area is 130 Å². The van der Waals surface area contributed by atoms with Gasteiger partial charge in [0.2, 0.25) is 0 Å². The van der Waals surface area contributed by atoms with Crippen molar-refractivity contribution in [1.82, 2.24) is 15.5 Å². The maximum Gasteiger partial charge on any atom is 0.273 e. The van der Waals surface area contributed by atoms with Gasteiger partial charge >= 0.3 is 0 Å². The van der Waals surface area contributed by atoms with Crippen molar-refractivity contribution in [3.63, 3.8) is 0 Å². The average Bonchev–Trinajstić information content (AvgIpc) is 2.79. The summed E-state index contributed by atoms with van der Waals surface area (Å²) in [6, 6.07) is 0. The number of nitrogens with one attached hydrogen (secondary N) is 2. The van der Waals surface area contributed by atoms with E-state index in [2.05, 4.69) is 15.5 Å². The van der Waals surface area contributed by atoms with Gasteiger partial charge in [0.05, 0.1) is 5.69 Å². The number of nitrogens with zero attached hydrogens (tertiary/aromatic N) is 1. The maximum absolute atomic E-state index is 12.1. The van der Waals surface area contributed by atoms with Gasteiger partial charge in [0.25, 0.3) is 15.0 Å². The molecule has 10 heteroatoms. The Morgan fingerprint density at radius 3 is 2.43 bits per heavy atom. The molecule has 1 rings (SSSR count). The molecule has 7 nitrogen and oxygen atoms in total. The van der Waals surface area contributed by atoms with Gasteiger partial charge in [-0.2, -0.15) is 5.10 Å². The zero-order valence-electron chi connectivity index (χ0n) is 12.1. The van der Waals surface area contributed by atoms with Crippen molar-refractivity contribution in [3.05, 3.63) is 11.4 Å². The summed E-state index contributed by atoms with van der Waals surface area (Å²) in [5, 5.41) is 8.54. The molecular weight excluding hydrogens is 338 g/mol. The van der Waals surface area contributed by atoms with Gasteiger partial charge in [-0.15, -0.1) is 0 Å². The van der Waals surface area contributed by atoms with Crippen LogP contribution in [0.1, 0.15) is 42.9 Å². The van der Waals surface area contributed by atoms with Gasteiger partial charge in [0.1, 0.15) is 4.90 Å². The number of hydrogen-bond acceptors (Lipinski definition) is 5. The normalized spacial score (nSPS) is 15.0. The van der Waals surface area contributed by atoms with Gasteiger partial charge in [-0.05, 0) is 12.8 Å². The van der Waals surface area contributed by atoms with Crippen LogP contribution >= 0.6 is 10.7 Å². The van der Waals surface area contributed by atoms with E-state index in [-0.39, 0.29) is 34.0 Å². The second-order valence-corrected chi connectivity index (χ2v) is 9.23. The highest BCUT2D eigenvalue weighted by atomic mass is 35.7. The highest BCUT2D eigenvalue weighted by Crippen LogP contribution is 2.27. The van der Waals surface area contributed by atoms with Crippen molar-refractivity contribution in [2.75, 3.05) is 12.8 Å². The quantitative estimate of drug-likeness (QED) is 0.738. The van der Waals surface area contributed by atoms with Crippen LogP contribution in [0.3, 0.4) is 0 Å². The first kappa shape index (κ1) is 18.1.